The standard InChI is InChI=1S/C16H19N3O3/c1-11(17-15(20)16(21)9-5-6-10-16)13-18-14(22-19-13)12-7-3-2-4-8-12/h2-4,7-8,11,21H,5-6,9-10H2,1H3,(H,17,20)/t11-/m1/s1. The molecule has 2 N–H and O–H groups in total. The monoisotopic (exact) mass is 301 g/mol. The summed E-state index contributed by atoms with van der Waals surface area (Å²) >= 11 is 0. The molecular formula is C16H19N3O3. The van der Waals surface area contributed by atoms with Gasteiger partial charge in [0.05, 0.1) is 6.04 Å². The third kappa shape index (κ3) is 2.87. The number of nitrogens with zero attached hydrogens (tertiary/aromatic N) is 2. The summed E-state index contributed by atoms with van der Waals surface area (Å²) in [6.07, 6.45) is 2.76. The van der Waals surface area contributed by atoms with E-state index in [-0.39, 0.29) is 5.91 Å². The summed E-state index contributed by atoms with van der Waals surface area (Å²) in [6.45, 7) is 1.77. The number of carbonyl (C=O) groups excluding carboxylic acids is 1. The van der Waals surface area contributed by atoms with Crippen molar-refractivity contribution < 1.29 is 14.4 Å². The highest BCUT2D eigenvalue weighted by Gasteiger charge is 2.39. The summed E-state index contributed by atoms with van der Waals surface area (Å²) < 4.78 is 5.23. The molecule has 1 atom stereocenters. The van der Waals surface area contributed by atoms with E-state index in [9.17, 15) is 9.90 Å². The molecule has 6 heteroatoms. The molecule has 0 aliphatic heterocycles. The predicted octanol–water partition coefficient (Wildman–Crippen LogP) is 2.22. The van der Waals surface area contributed by atoms with Gasteiger partial charge in [-0.1, -0.05) is 23.4 Å². The van der Waals surface area contributed by atoms with Crippen molar-refractivity contribution in [2.75, 3.05) is 0 Å². The van der Waals surface area contributed by atoms with Gasteiger partial charge in [-0.3, -0.25) is 4.79 Å². The molecule has 1 heterocycles. The Kier molecular flexibility index (Phi) is 3.94. The Morgan fingerprint density at radius 1 is 1.32 bits per heavy atom. The highest BCUT2D eigenvalue weighted by atomic mass is 16.5. The molecule has 1 fully saturated rings. The number of rotatable bonds is 4. The van der Waals surface area contributed by atoms with Crippen molar-refractivity contribution in [2.24, 2.45) is 0 Å². The maximum atomic E-state index is 12.2. The van der Waals surface area contributed by atoms with Gasteiger partial charge in [0.25, 0.3) is 11.8 Å². The van der Waals surface area contributed by atoms with Crippen LogP contribution < -0.4 is 5.32 Å². The van der Waals surface area contributed by atoms with Crippen molar-refractivity contribution in [1.82, 2.24) is 15.5 Å². The van der Waals surface area contributed by atoms with Gasteiger partial charge < -0.3 is 14.9 Å². The van der Waals surface area contributed by atoms with Crippen LogP contribution >= 0.6 is 0 Å². The van der Waals surface area contributed by atoms with E-state index >= 15 is 0 Å². The number of aromatic nitrogens is 2. The zero-order valence-corrected chi connectivity index (χ0v) is 12.5. The minimum atomic E-state index is -1.25. The smallest absolute Gasteiger partial charge is 0.257 e. The van der Waals surface area contributed by atoms with E-state index in [2.05, 4.69) is 15.5 Å². The number of carbonyl (C=O) groups is 1. The number of benzene rings is 1. The molecule has 0 radical (unpaired) electrons. The third-order valence-corrected chi connectivity index (χ3v) is 4.05. The Morgan fingerprint density at radius 3 is 2.68 bits per heavy atom. The summed E-state index contributed by atoms with van der Waals surface area (Å²) in [5.74, 6) is 0.452. The lowest BCUT2D eigenvalue weighted by Crippen LogP contribution is -2.45. The maximum absolute atomic E-state index is 12.2. The molecule has 116 valence electrons. The van der Waals surface area contributed by atoms with Crippen molar-refractivity contribution in [1.29, 1.82) is 0 Å². The van der Waals surface area contributed by atoms with Crippen molar-refractivity contribution in [3.05, 3.63) is 36.2 Å². The SMILES string of the molecule is C[C@@H](NC(=O)C1(O)CCCC1)c1noc(-c2ccccc2)n1. The molecular weight excluding hydrogens is 282 g/mol. The zero-order chi connectivity index (χ0) is 15.6. The van der Waals surface area contributed by atoms with Crippen LogP contribution in [0.15, 0.2) is 34.9 Å². The topological polar surface area (TPSA) is 88.2 Å². The van der Waals surface area contributed by atoms with Crippen LogP contribution in [-0.2, 0) is 4.79 Å². The van der Waals surface area contributed by atoms with Gasteiger partial charge in [-0.05, 0) is 44.7 Å². The Balaban J connectivity index is 1.69. The van der Waals surface area contributed by atoms with Gasteiger partial charge >= 0.3 is 0 Å². The minimum absolute atomic E-state index is 0.358. The second kappa shape index (κ2) is 5.88. The highest BCUT2D eigenvalue weighted by Crippen LogP contribution is 2.30. The van der Waals surface area contributed by atoms with E-state index in [1.807, 2.05) is 30.3 Å². The van der Waals surface area contributed by atoms with Crippen LogP contribution in [-0.4, -0.2) is 26.8 Å². The lowest BCUT2D eigenvalue weighted by Gasteiger charge is -2.22. The van der Waals surface area contributed by atoms with Gasteiger partial charge in [-0.2, -0.15) is 4.98 Å². The van der Waals surface area contributed by atoms with Crippen molar-refractivity contribution >= 4 is 5.91 Å². The molecule has 1 saturated carbocycles. The number of amides is 1. The van der Waals surface area contributed by atoms with Gasteiger partial charge in [0.15, 0.2) is 5.82 Å². The lowest BCUT2D eigenvalue weighted by atomic mass is 10.0. The average molecular weight is 301 g/mol. The van der Waals surface area contributed by atoms with Gasteiger partial charge in [-0.25, -0.2) is 0 Å². The highest BCUT2D eigenvalue weighted by molar-refractivity contribution is 5.85. The van der Waals surface area contributed by atoms with E-state index in [0.29, 0.717) is 24.6 Å². The number of hydrogen-bond acceptors (Lipinski definition) is 5. The van der Waals surface area contributed by atoms with Gasteiger partial charge in [0, 0.05) is 5.56 Å². The molecule has 0 unspecified atom stereocenters. The number of hydrogen-bond donors (Lipinski definition) is 2. The molecule has 1 amide bonds. The number of nitrogens with one attached hydrogen (secondary N) is 1. The molecule has 6 nitrogen and oxygen atoms in total. The van der Waals surface area contributed by atoms with Crippen LogP contribution in [0.5, 0.6) is 0 Å². The Labute approximate surface area is 128 Å². The van der Waals surface area contributed by atoms with Crippen LogP contribution in [0.1, 0.15) is 44.5 Å². The van der Waals surface area contributed by atoms with E-state index in [4.69, 9.17) is 4.52 Å². The van der Waals surface area contributed by atoms with Crippen molar-refractivity contribution in [3.8, 4) is 11.5 Å². The molecule has 3 rings (SSSR count). The van der Waals surface area contributed by atoms with Crippen molar-refractivity contribution in [3.63, 3.8) is 0 Å². The van der Waals surface area contributed by atoms with Crippen LogP contribution in [0.4, 0.5) is 0 Å². The molecule has 0 spiro atoms. The molecule has 1 aliphatic carbocycles. The molecule has 0 saturated heterocycles. The third-order valence-electron chi connectivity index (χ3n) is 4.05. The molecule has 22 heavy (non-hydrogen) atoms. The van der Waals surface area contributed by atoms with E-state index in [1.165, 1.54) is 0 Å². The fourth-order valence-corrected chi connectivity index (χ4v) is 2.69. The van der Waals surface area contributed by atoms with Gasteiger partial charge in [0.2, 0.25) is 0 Å². The van der Waals surface area contributed by atoms with Crippen LogP contribution in [0.3, 0.4) is 0 Å². The fourth-order valence-electron chi connectivity index (χ4n) is 2.69. The molecule has 1 aromatic carbocycles. The summed E-state index contributed by atoms with van der Waals surface area (Å²) in [6, 6.07) is 9.02. The zero-order valence-electron chi connectivity index (χ0n) is 12.5. The average Bonchev–Trinajstić information content (AvgIpc) is 3.18. The second-order valence-electron chi connectivity index (χ2n) is 5.76. The van der Waals surface area contributed by atoms with E-state index < -0.39 is 11.6 Å². The Hall–Kier alpha value is -2.21. The molecule has 1 aliphatic rings. The molecule has 0 bridgehead atoms. The predicted molar refractivity (Wildman–Crippen MR) is 79.7 cm³/mol. The lowest BCUT2D eigenvalue weighted by molar-refractivity contribution is -0.139. The first-order valence-corrected chi connectivity index (χ1v) is 7.51. The largest absolute Gasteiger partial charge is 0.380 e. The van der Waals surface area contributed by atoms with Crippen LogP contribution in [0.2, 0.25) is 0 Å². The second-order valence-corrected chi connectivity index (χ2v) is 5.76. The van der Waals surface area contributed by atoms with Crippen LogP contribution in [0, 0.1) is 0 Å². The summed E-state index contributed by atoms with van der Waals surface area (Å²) in [7, 11) is 0. The first-order valence-electron chi connectivity index (χ1n) is 7.51. The van der Waals surface area contributed by atoms with Crippen molar-refractivity contribution in [2.45, 2.75) is 44.2 Å². The summed E-state index contributed by atoms with van der Waals surface area (Å²) in [4.78, 5) is 16.5. The first kappa shape index (κ1) is 14.7. The summed E-state index contributed by atoms with van der Waals surface area (Å²) in [5, 5.41) is 16.9. The normalized spacial score (nSPS) is 18.1. The quantitative estimate of drug-likeness (QED) is 0.904. The van der Waals surface area contributed by atoms with E-state index in [0.717, 1.165) is 18.4 Å². The minimum Gasteiger partial charge on any atom is -0.380 e. The van der Waals surface area contributed by atoms with Crippen LogP contribution in [0.25, 0.3) is 11.5 Å². The number of aliphatic hydroxyl groups is 1. The van der Waals surface area contributed by atoms with Gasteiger partial charge in [0.1, 0.15) is 5.60 Å². The van der Waals surface area contributed by atoms with E-state index in [1.54, 1.807) is 6.92 Å². The first-order chi connectivity index (χ1) is 10.6. The maximum Gasteiger partial charge on any atom is 0.257 e. The van der Waals surface area contributed by atoms with Gasteiger partial charge in [-0.15, -0.1) is 0 Å². The molecule has 2 aromatic rings. The Bertz CT molecular complexity index is 648. The fraction of sp³-hybridized carbons (Fsp3) is 0.438. The summed E-state index contributed by atoms with van der Waals surface area (Å²) in [5.41, 5.74) is -0.422. The Morgan fingerprint density at radius 2 is 2.00 bits per heavy atom. The molecule has 1 aromatic heterocycles.